The Balaban J connectivity index is 2.33. The van der Waals surface area contributed by atoms with Gasteiger partial charge < -0.3 is 10.3 Å². The Hall–Kier alpha value is -1.78. The van der Waals surface area contributed by atoms with Crippen LogP contribution >= 0.6 is 0 Å². The van der Waals surface area contributed by atoms with E-state index in [1.165, 1.54) is 0 Å². The quantitative estimate of drug-likeness (QED) is 0.809. The minimum atomic E-state index is 0.781. The van der Waals surface area contributed by atoms with Gasteiger partial charge in [-0.3, -0.25) is 4.68 Å². The third kappa shape index (κ3) is 3.46. The molecule has 0 aliphatic rings. The van der Waals surface area contributed by atoms with E-state index >= 15 is 0 Å². The molecule has 0 aromatic carbocycles. The number of hydrogen-bond acceptors (Lipinski definition) is 3. The highest BCUT2D eigenvalue weighted by Crippen LogP contribution is 2.27. The Labute approximate surface area is 127 Å². The van der Waals surface area contributed by atoms with E-state index in [1.807, 2.05) is 17.1 Å². The highest BCUT2D eigenvalue weighted by atomic mass is 15.3. The molecule has 0 unspecified atom stereocenters. The summed E-state index contributed by atoms with van der Waals surface area (Å²) in [7, 11) is 0. The van der Waals surface area contributed by atoms with Crippen LogP contribution < -0.4 is 5.73 Å². The first kappa shape index (κ1) is 15.6. The van der Waals surface area contributed by atoms with E-state index < -0.39 is 0 Å². The lowest BCUT2D eigenvalue weighted by Gasteiger charge is -2.08. The van der Waals surface area contributed by atoms with Crippen LogP contribution in [0.4, 0.5) is 5.82 Å². The summed E-state index contributed by atoms with van der Waals surface area (Å²) in [5.41, 5.74) is 8.26. The molecule has 2 aromatic heterocycles. The van der Waals surface area contributed by atoms with Gasteiger partial charge in [-0.2, -0.15) is 5.10 Å². The Morgan fingerprint density at radius 1 is 1.10 bits per heavy atom. The summed E-state index contributed by atoms with van der Waals surface area (Å²) in [4.78, 5) is 4.78. The third-order valence-electron chi connectivity index (χ3n) is 3.65. The Kier molecular flexibility index (Phi) is 5.42. The predicted octanol–water partition coefficient (Wildman–Crippen LogP) is 3.49. The van der Waals surface area contributed by atoms with Gasteiger partial charge in [0.15, 0.2) is 0 Å². The maximum absolute atomic E-state index is 6.35. The van der Waals surface area contributed by atoms with Crippen molar-refractivity contribution in [3.8, 4) is 11.3 Å². The summed E-state index contributed by atoms with van der Waals surface area (Å²) >= 11 is 0. The first-order chi connectivity index (χ1) is 10.2. The number of unbranched alkanes of at least 4 members (excludes halogenated alkanes) is 1. The number of aromatic nitrogens is 4. The van der Waals surface area contributed by atoms with Crippen LogP contribution in [-0.2, 0) is 19.5 Å². The minimum absolute atomic E-state index is 0.781. The Morgan fingerprint density at radius 2 is 1.90 bits per heavy atom. The smallest absolute Gasteiger partial charge is 0.131 e. The number of nitrogens with two attached hydrogens (primary N) is 1. The van der Waals surface area contributed by atoms with E-state index in [9.17, 15) is 0 Å². The van der Waals surface area contributed by atoms with E-state index in [4.69, 9.17) is 10.7 Å². The first-order valence-corrected chi connectivity index (χ1v) is 8.08. The van der Waals surface area contributed by atoms with Crippen molar-refractivity contribution in [1.29, 1.82) is 0 Å². The van der Waals surface area contributed by atoms with Gasteiger partial charge in [-0.1, -0.05) is 27.2 Å². The summed E-state index contributed by atoms with van der Waals surface area (Å²) in [5.74, 6) is 1.88. The summed E-state index contributed by atoms with van der Waals surface area (Å²) in [6.45, 7) is 8.40. The van der Waals surface area contributed by atoms with Crippen LogP contribution in [0.3, 0.4) is 0 Å². The highest BCUT2D eigenvalue weighted by molar-refractivity contribution is 5.70. The molecule has 5 heteroatoms. The molecule has 2 heterocycles. The molecule has 2 N–H and O–H groups in total. The zero-order valence-corrected chi connectivity index (χ0v) is 13.5. The van der Waals surface area contributed by atoms with E-state index in [2.05, 4.69) is 30.4 Å². The molecule has 0 spiro atoms. The van der Waals surface area contributed by atoms with Gasteiger partial charge in [0.25, 0.3) is 0 Å². The standard InChI is InChI=1S/C16H27N5/c1-4-7-10-21-14(8-5-2)19-15(16(21)17)13-11-18-20(12-13)9-6-3/h11-12H,4-10,17H2,1-3H3. The van der Waals surface area contributed by atoms with E-state index in [0.29, 0.717) is 0 Å². The van der Waals surface area contributed by atoms with E-state index in [0.717, 1.165) is 68.1 Å². The average Bonchev–Trinajstić information content (AvgIpc) is 3.04. The lowest BCUT2D eigenvalue weighted by Crippen LogP contribution is -2.07. The number of nitrogen functional groups attached to an aromatic ring is 1. The number of anilines is 1. The second kappa shape index (κ2) is 7.29. The molecule has 0 aliphatic carbocycles. The number of rotatable bonds is 8. The van der Waals surface area contributed by atoms with Crippen LogP contribution in [0.5, 0.6) is 0 Å². The van der Waals surface area contributed by atoms with Crippen molar-refractivity contribution in [3.63, 3.8) is 0 Å². The van der Waals surface area contributed by atoms with E-state index in [1.54, 1.807) is 0 Å². The fraction of sp³-hybridized carbons (Fsp3) is 0.625. The first-order valence-electron chi connectivity index (χ1n) is 8.08. The number of imidazole rings is 1. The second-order valence-electron chi connectivity index (χ2n) is 5.51. The minimum Gasteiger partial charge on any atom is -0.383 e. The third-order valence-corrected chi connectivity index (χ3v) is 3.65. The average molecular weight is 289 g/mol. The van der Waals surface area contributed by atoms with Gasteiger partial charge in [-0.25, -0.2) is 4.98 Å². The van der Waals surface area contributed by atoms with Gasteiger partial charge in [0, 0.05) is 31.3 Å². The number of hydrogen-bond donors (Lipinski definition) is 1. The maximum atomic E-state index is 6.35. The molecule has 0 saturated heterocycles. The maximum Gasteiger partial charge on any atom is 0.131 e. The number of nitrogens with zero attached hydrogens (tertiary/aromatic N) is 4. The van der Waals surface area contributed by atoms with Gasteiger partial charge in [0.05, 0.1) is 6.20 Å². The Morgan fingerprint density at radius 3 is 2.57 bits per heavy atom. The molecule has 0 aliphatic heterocycles. The molecule has 0 radical (unpaired) electrons. The molecular weight excluding hydrogens is 262 g/mol. The van der Waals surface area contributed by atoms with Crippen molar-refractivity contribution >= 4 is 5.82 Å². The van der Waals surface area contributed by atoms with Crippen LogP contribution in [-0.4, -0.2) is 19.3 Å². The fourth-order valence-electron chi connectivity index (χ4n) is 2.54. The van der Waals surface area contributed by atoms with Crippen LogP contribution in [0, 0.1) is 0 Å². The number of aryl methyl sites for hydroxylation is 2. The fourth-order valence-corrected chi connectivity index (χ4v) is 2.54. The van der Waals surface area contributed by atoms with Gasteiger partial charge in [0.1, 0.15) is 17.3 Å². The SMILES string of the molecule is CCCCn1c(CCC)nc(-c2cnn(CCC)c2)c1N. The summed E-state index contributed by atoms with van der Waals surface area (Å²) in [6, 6.07) is 0. The van der Waals surface area contributed by atoms with Crippen molar-refractivity contribution in [2.24, 2.45) is 0 Å². The predicted molar refractivity (Wildman–Crippen MR) is 87.1 cm³/mol. The molecule has 21 heavy (non-hydrogen) atoms. The molecule has 0 atom stereocenters. The normalized spacial score (nSPS) is 11.2. The van der Waals surface area contributed by atoms with Crippen LogP contribution in [0.15, 0.2) is 12.4 Å². The van der Waals surface area contributed by atoms with Gasteiger partial charge in [-0.15, -0.1) is 0 Å². The largest absolute Gasteiger partial charge is 0.383 e. The van der Waals surface area contributed by atoms with Crippen LogP contribution in [0.25, 0.3) is 11.3 Å². The monoisotopic (exact) mass is 289 g/mol. The topological polar surface area (TPSA) is 61.7 Å². The highest BCUT2D eigenvalue weighted by Gasteiger charge is 2.16. The van der Waals surface area contributed by atoms with Gasteiger partial charge in [-0.05, 0) is 19.3 Å². The van der Waals surface area contributed by atoms with Crippen LogP contribution in [0.2, 0.25) is 0 Å². The molecular formula is C16H27N5. The van der Waals surface area contributed by atoms with Crippen molar-refractivity contribution < 1.29 is 0 Å². The molecule has 116 valence electrons. The van der Waals surface area contributed by atoms with Gasteiger partial charge in [0.2, 0.25) is 0 Å². The van der Waals surface area contributed by atoms with Crippen molar-refractivity contribution in [3.05, 3.63) is 18.2 Å². The summed E-state index contributed by atoms with van der Waals surface area (Å²) < 4.78 is 4.14. The lowest BCUT2D eigenvalue weighted by atomic mass is 10.2. The lowest BCUT2D eigenvalue weighted by molar-refractivity contribution is 0.603. The van der Waals surface area contributed by atoms with E-state index in [-0.39, 0.29) is 0 Å². The summed E-state index contributed by atoms with van der Waals surface area (Å²) in [6.07, 6.45) is 9.33. The second-order valence-corrected chi connectivity index (χ2v) is 5.51. The van der Waals surface area contributed by atoms with Gasteiger partial charge >= 0.3 is 0 Å². The van der Waals surface area contributed by atoms with Crippen molar-refractivity contribution in [2.45, 2.75) is 66.0 Å². The molecule has 2 aromatic rings. The zero-order valence-electron chi connectivity index (χ0n) is 13.5. The van der Waals surface area contributed by atoms with Crippen molar-refractivity contribution in [1.82, 2.24) is 19.3 Å². The molecule has 2 rings (SSSR count). The van der Waals surface area contributed by atoms with Crippen molar-refractivity contribution in [2.75, 3.05) is 5.73 Å². The van der Waals surface area contributed by atoms with Crippen LogP contribution in [0.1, 0.15) is 52.3 Å². The summed E-state index contributed by atoms with van der Waals surface area (Å²) in [5, 5.41) is 4.38. The zero-order chi connectivity index (χ0) is 15.2. The molecule has 5 nitrogen and oxygen atoms in total. The molecule has 0 saturated carbocycles. The molecule has 0 bridgehead atoms. The Bertz CT molecular complexity index is 567. The molecule has 0 amide bonds. The molecule has 0 fully saturated rings.